The van der Waals surface area contributed by atoms with Crippen LogP contribution in [0, 0.1) is 6.92 Å². The highest BCUT2D eigenvalue weighted by atomic mass is 32.2. The summed E-state index contributed by atoms with van der Waals surface area (Å²) in [6.45, 7) is 1.88. The molecular weight excluding hydrogens is 510 g/mol. The number of nitrogens with one attached hydrogen (secondary N) is 1. The van der Waals surface area contributed by atoms with Crippen molar-refractivity contribution < 1.29 is 17.9 Å². The van der Waals surface area contributed by atoms with Crippen molar-refractivity contribution in [3.05, 3.63) is 126 Å². The number of nitrogens with zero attached hydrogens (tertiary/aromatic N) is 2. The van der Waals surface area contributed by atoms with Crippen molar-refractivity contribution in [1.29, 1.82) is 0 Å². The number of amides is 1. The van der Waals surface area contributed by atoms with Crippen molar-refractivity contribution in [3.8, 4) is 28.2 Å². The number of carbonyl (C=O) groups excluding carboxylic acids is 1. The first kappa shape index (κ1) is 25.9. The van der Waals surface area contributed by atoms with Crippen LogP contribution in [0.5, 0.6) is 0 Å². The lowest BCUT2D eigenvalue weighted by atomic mass is 10.1. The maximum absolute atomic E-state index is 12.4. The van der Waals surface area contributed by atoms with Crippen LogP contribution >= 0.6 is 0 Å². The van der Waals surface area contributed by atoms with Crippen molar-refractivity contribution in [2.75, 3.05) is 6.61 Å². The highest BCUT2D eigenvalue weighted by Crippen LogP contribution is 2.28. The van der Waals surface area contributed by atoms with E-state index in [0.717, 1.165) is 39.3 Å². The van der Waals surface area contributed by atoms with Gasteiger partial charge in [-0.15, -0.1) is 0 Å². The molecule has 5 rings (SSSR count). The molecule has 4 aromatic carbocycles. The minimum absolute atomic E-state index is 0.00422. The van der Waals surface area contributed by atoms with Crippen molar-refractivity contribution in [2.24, 2.45) is 0 Å². The lowest BCUT2D eigenvalue weighted by Gasteiger charge is -2.10. The van der Waals surface area contributed by atoms with E-state index in [2.05, 4.69) is 18.2 Å². The summed E-state index contributed by atoms with van der Waals surface area (Å²) in [4.78, 5) is 12.1. The van der Waals surface area contributed by atoms with E-state index in [1.54, 1.807) is 12.1 Å². The Morgan fingerprint density at radius 2 is 1.44 bits per heavy atom. The molecule has 196 valence electrons. The molecule has 1 heterocycles. The number of hydrogen-bond donors (Lipinski definition) is 1. The normalized spacial score (nSPS) is 11.2. The van der Waals surface area contributed by atoms with E-state index < -0.39 is 16.1 Å². The summed E-state index contributed by atoms with van der Waals surface area (Å²) in [5.41, 5.74) is 6.67. The van der Waals surface area contributed by atoms with Gasteiger partial charge in [-0.25, -0.2) is 22.6 Å². The number of ether oxygens (including phenoxy) is 1. The molecule has 0 radical (unpaired) electrons. The van der Waals surface area contributed by atoms with E-state index in [9.17, 15) is 13.2 Å². The molecule has 0 saturated heterocycles. The maximum Gasteiger partial charge on any atom is 0.421 e. The van der Waals surface area contributed by atoms with Gasteiger partial charge in [-0.05, 0) is 42.8 Å². The van der Waals surface area contributed by atoms with Gasteiger partial charge < -0.3 is 4.74 Å². The summed E-state index contributed by atoms with van der Waals surface area (Å²) in [5, 5.41) is 4.89. The Hall–Kier alpha value is -4.69. The fourth-order valence-electron chi connectivity index (χ4n) is 4.12. The maximum atomic E-state index is 12.4. The van der Waals surface area contributed by atoms with Gasteiger partial charge in [-0.1, -0.05) is 90.5 Å². The van der Waals surface area contributed by atoms with E-state index in [-0.39, 0.29) is 11.5 Å². The zero-order valence-corrected chi connectivity index (χ0v) is 22.1. The summed E-state index contributed by atoms with van der Waals surface area (Å²) >= 11 is 0. The SMILES string of the molecule is Cc1ccc(S(=O)(=O)NC(=O)OCCc2ccc(-n3nc(-c4ccccc4)cc3-c3ccccc3)cc2)cc1. The zero-order chi connectivity index (χ0) is 27.2. The Balaban J connectivity index is 1.26. The average Bonchev–Trinajstić information content (AvgIpc) is 3.40. The van der Waals surface area contributed by atoms with Crippen LogP contribution < -0.4 is 4.72 Å². The van der Waals surface area contributed by atoms with Crippen molar-refractivity contribution in [3.63, 3.8) is 0 Å². The second-order valence-electron chi connectivity index (χ2n) is 9.03. The molecule has 5 aromatic rings. The zero-order valence-electron chi connectivity index (χ0n) is 21.3. The lowest BCUT2D eigenvalue weighted by molar-refractivity contribution is 0.154. The molecule has 0 fully saturated rings. The van der Waals surface area contributed by atoms with Crippen LogP contribution in [-0.2, 0) is 21.2 Å². The fraction of sp³-hybridized carbons (Fsp3) is 0.0968. The molecule has 39 heavy (non-hydrogen) atoms. The number of carbonyl (C=O) groups is 1. The molecule has 0 unspecified atom stereocenters. The average molecular weight is 538 g/mol. The Kier molecular flexibility index (Phi) is 7.56. The van der Waals surface area contributed by atoms with Crippen LogP contribution in [-0.4, -0.2) is 30.9 Å². The largest absolute Gasteiger partial charge is 0.448 e. The van der Waals surface area contributed by atoms with Gasteiger partial charge in [0.15, 0.2) is 0 Å². The van der Waals surface area contributed by atoms with E-state index in [1.807, 2.05) is 89.1 Å². The molecule has 1 aromatic heterocycles. The van der Waals surface area contributed by atoms with E-state index in [1.165, 1.54) is 12.1 Å². The van der Waals surface area contributed by atoms with E-state index in [0.29, 0.717) is 6.42 Å². The molecule has 0 aliphatic carbocycles. The molecule has 0 spiro atoms. The third-order valence-electron chi connectivity index (χ3n) is 6.20. The molecule has 0 aliphatic heterocycles. The third kappa shape index (κ3) is 6.25. The Labute approximate surface area is 227 Å². The van der Waals surface area contributed by atoms with Crippen LogP contribution in [0.4, 0.5) is 4.79 Å². The molecule has 8 heteroatoms. The number of sulfonamides is 1. The van der Waals surface area contributed by atoms with Gasteiger partial charge in [-0.3, -0.25) is 0 Å². The Morgan fingerprint density at radius 3 is 2.08 bits per heavy atom. The second kappa shape index (κ2) is 11.4. The minimum Gasteiger partial charge on any atom is -0.448 e. The molecule has 0 aliphatic rings. The highest BCUT2D eigenvalue weighted by molar-refractivity contribution is 7.90. The summed E-state index contributed by atoms with van der Waals surface area (Å²) in [6, 6.07) is 36.2. The molecule has 1 N–H and O–H groups in total. The van der Waals surface area contributed by atoms with E-state index in [4.69, 9.17) is 9.84 Å². The summed E-state index contributed by atoms with van der Waals surface area (Å²) in [7, 11) is -3.99. The van der Waals surface area contributed by atoms with Crippen molar-refractivity contribution in [1.82, 2.24) is 14.5 Å². The smallest absolute Gasteiger partial charge is 0.421 e. The molecule has 7 nitrogen and oxygen atoms in total. The van der Waals surface area contributed by atoms with Crippen LogP contribution in [0.3, 0.4) is 0 Å². The lowest BCUT2D eigenvalue weighted by Crippen LogP contribution is -2.31. The molecule has 0 atom stereocenters. The van der Waals surface area contributed by atoms with Crippen molar-refractivity contribution in [2.45, 2.75) is 18.2 Å². The minimum atomic E-state index is -3.99. The van der Waals surface area contributed by atoms with Crippen LogP contribution in [0.15, 0.2) is 120 Å². The number of rotatable bonds is 8. The number of aromatic nitrogens is 2. The van der Waals surface area contributed by atoms with Gasteiger partial charge in [-0.2, -0.15) is 5.10 Å². The van der Waals surface area contributed by atoms with Gasteiger partial charge in [0.2, 0.25) is 0 Å². The van der Waals surface area contributed by atoms with Gasteiger partial charge in [0, 0.05) is 17.5 Å². The standard InChI is InChI=1S/C31H27N3O4S/c1-23-12-18-28(19-13-23)39(36,37)33-31(35)38-21-20-24-14-16-27(17-15-24)34-30(26-10-6-3-7-11-26)22-29(32-34)25-8-4-2-5-9-25/h2-19,22H,20-21H2,1H3,(H,33,35). The van der Waals surface area contributed by atoms with Gasteiger partial charge in [0.05, 0.1) is 28.6 Å². The highest BCUT2D eigenvalue weighted by Gasteiger charge is 2.18. The topological polar surface area (TPSA) is 90.3 Å². The van der Waals surface area contributed by atoms with E-state index >= 15 is 0 Å². The van der Waals surface area contributed by atoms with Crippen molar-refractivity contribution >= 4 is 16.1 Å². The first-order valence-corrected chi connectivity index (χ1v) is 13.9. The Morgan fingerprint density at radius 1 is 0.821 bits per heavy atom. The second-order valence-corrected chi connectivity index (χ2v) is 10.7. The first-order chi connectivity index (χ1) is 18.9. The summed E-state index contributed by atoms with van der Waals surface area (Å²) in [6.07, 6.45) is -0.581. The van der Waals surface area contributed by atoms with Gasteiger partial charge >= 0.3 is 6.09 Å². The summed E-state index contributed by atoms with van der Waals surface area (Å²) < 4.78 is 33.7. The van der Waals surface area contributed by atoms with Crippen LogP contribution in [0.25, 0.3) is 28.2 Å². The molecule has 0 bridgehead atoms. The quantitative estimate of drug-likeness (QED) is 0.256. The number of hydrogen-bond acceptors (Lipinski definition) is 5. The predicted octanol–water partition coefficient (Wildman–Crippen LogP) is 6.17. The van der Waals surface area contributed by atoms with Crippen LogP contribution in [0.1, 0.15) is 11.1 Å². The number of aryl methyl sites for hydroxylation is 1. The first-order valence-electron chi connectivity index (χ1n) is 12.5. The molecule has 0 saturated carbocycles. The Bertz CT molecular complexity index is 1660. The van der Waals surface area contributed by atoms with Gasteiger partial charge in [0.1, 0.15) is 0 Å². The monoisotopic (exact) mass is 537 g/mol. The van der Waals surface area contributed by atoms with Crippen LogP contribution in [0.2, 0.25) is 0 Å². The fourth-order valence-corrected chi connectivity index (χ4v) is 5.01. The third-order valence-corrected chi connectivity index (χ3v) is 7.53. The molecule has 1 amide bonds. The summed E-state index contributed by atoms with van der Waals surface area (Å²) in [5.74, 6) is 0. The van der Waals surface area contributed by atoms with Gasteiger partial charge in [0.25, 0.3) is 10.0 Å². The predicted molar refractivity (Wildman–Crippen MR) is 151 cm³/mol. The number of benzene rings is 4. The molecular formula is C31H27N3O4S.